The molecular weight excluding hydrogens is 314 g/mol. The van der Waals surface area contributed by atoms with E-state index in [1.54, 1.807) is 18.8 Å². The van der Waals surface area contributed by atoms with Crippen molar-refractivity contribution >= 4 is 34.7 Å². The minimum atomic E-state index is -0.219. The van der Waals surface area contributed by atoms with Gasteiger partial charge in [0.15, 0.2) is 0 Å². The molecule has 1 aromatic carbocycles. The second-order valence-electron chi connectivity index (χ2n) is 3.59. The summed E-state index contributed by atoms with van der Waals surface area (Å²) in [6.07, 6.45) is 0. The van der Waals surface area contributed by atoms with Crippen LogP contribution in [0.25, 0.3) is 0 Å². The number of benzene rings is 1. The molecule has 0 heterocycles. The van der Waals surface area contributed by atoms with Gasteiger partial charge in [0.25, 0.3) is 0 Å². The number of likely N-dealkylation sites (N-methyl/N-ethyl adjacent to an activating group) is 1. The third-order valence-electron chi connectivity index (χ3n) is 2.32. The van der Waals surface area contributed by atoms with Crippen LogP contribution < -0.4 is 5.32 Å². The molecular formula is C13H20BrNO2S. The lowest BCUT2D eigenvalue weighted by atomic mass is 10.2. The van der Waals surface area contributed by atoms with E-state index in [1.165, 1.54) is 5.56 Å². The Kier molecular flexibility index (Phi) is 10.1. The standard InChI is InChI=1S/C13H19NO2S.BrH/c1-3-16-13(15)12(14-2)10-17-9-11-7-5-4-6-8-11;/h4-8,12,14H,3,9-10H2,1-2H3;1H/t12-;/m0./s1. The molecule has 0 aliphatic rings. The van der Waals surface area contributed by atoms with Gasteiger partial charge >= 0.3 is 5.97 Å². The predicted molar refractivity (Wildman–Crippen MR) is 82.4 cm³/mol. The number of carbonyl (C=O) groups excluding carboxylic acids is 1. The fourth-order valence-electron chi connectivity index (χ4n) is 1.38. The van der Waals surface area contributed by atoms with Crippen molar-refractivity contribution in [3.05, 3.63) is 35.9 Å². The normalized spacial score (nSPS) is 11.4. The molecule has 0 unspecified atom stereocenters. The number of rotatable bonds is 7. The van der Waals surface area contributed by atoms with E-state index < -0.39 is 0 Å². The number of carbonyl (C=O) groups is 1. The summed E-state index contributed by atoms with van der Waals surface area (Å²) in [6.45, 7) is 2.25. The molecule has 18 heavy (non-hydrogen) atoms. The van der Waals surface area contributed by atoms with Gasteiger partial charge in [-0.3, -0.25) is 4.79 Å². The molecule has 3 nitrogen and oxygen atoms in total. The zero-order valence-electron chi connectivity index (χ0n) is 10.7. The van der Waals surface area contributed by atoms with Crippen LogP contribution in [0.1, 0.15) is 12.5 Å². The lowest BCUT2D eigenvalue weighted by Gasteiger charge is -2.14. The van der Waals surface area contributed by atoms with Crippen molar-refractivity contribution in [2.24, 2.45) is 0 Å². The summed E-state index contributed by atoms with van der Waals surface area (Å²) in [4.78, 5) is 11.5. The summed E-state index contributed by atoms with van der Waals surface area (Å²) in [5.74, 6) is 1.47. The molecule has 0 aromatic heterocycles. The highest BCUT2D eigenvalue weighted by Gasteiger charge is 2.16. The van der Waals surface area contributed by atoms with Crippen LogP contribution in [0.4, 0.5) is 0 Å². The highest BCUT2D eigenvalue weighted by Crippen LogP contribution is 2.13. The van der Waals surface area contributed by atoms with Crippen molar-refractivity contribution in [3.8, 4) is 0 Å². The molecule has 0 radical (unpaired) electrons. The minimum absolute atomic E-state index is 0. The number of thioether (sulfide) groups is 1. The molecule has 0 saturated heterocycles. The van der Waals surface area contributed by atoms with Crippen LogP contribution in [0.3, 0.4) is 0 Å². The molecule has 1 atom stereocenters. The van der Waals surface area contributed by atoms with Gasteiger partial charge in [0.1, 0.15) is 6.04 Å². The first-order valence-corrected chi connectivity index (χ1v) is 6.89. The molecule has 0 saturated carbocycles. The summed E-state index contributed by atoms with van der Waals surface area (Å²) >= 11 is 1.73. The van der Waals surface area contributed by atoms with Gasteiger partial charge in [0, 0.05) is 11.5 Å². The Labute approximate surface area is 123 Å². The molecule has 0 amide bonds. The number of halogens is 1. The first kappa shape index (κ1) is 17.5. The van der Waals surface area contributed by atoms with Crippen molar-refractivity contribution in [2.75, 3.05) is 19.4 Å². The van der Waals surface area contributed by atoms with Crippen molar-refractivity contribution in [1.29, 1.82) is 0 Å². The summed E-state index contributed by atoms with van der Waals surface area (Å²) < 4.78 is 4.98. The lowest BCUT2D eigenvalue weighted by molar-refractivity contribution is -0.144. The van der Waals surface area contributed by atoms with Gasteiger partial charge in [0.2, 0.25) is 0 Å². The maximum Gasteiger partial charge on any atom is 0.323 e. The zero-order valence-corrected chi connectivity index (χ0v) is 13.2. The molecule has 0 aliphatic carbocycles. The molecule has 0 aliphatic heterocycles. The molecule has 1 N–H and O–H groups in total. The number of hydrogen-bond donors (Lipinski definition) is 1. The first-order chi connectivity index (χ1) is 8.27. The molecule has 5 heteroatoms. The monoisotopic (exact) mass is 333 g/mol. The Morgan fingerprint density at radius 2 is 2.06 bits per heavy atom. The van der Waals surface area contributed by atoms with Crippen LogP contribution in [0, 0.1) is 0 Å². The van der Waals surface area contributed by atoms with Crippen molar-refractivity contribution in [1.82, 2.24) is 5.32 Å². The quantitative estimate of drug-likeness (QED) is 0.778. The topological polar surface area (TPSA) is 38.3 Å². The van der Waals surface area contributed by atoms with Crippen LogP contribution in [0.5, 0.6) is 0 Å². The third kappa shape index (κ3) is 6.42. The summed E-state index contributed by atoms with van der Waals surface area (Å²) in [5.41, 5.74) is 1.27. The smallest absolute Gasteiger partial charge is 0.323 e. The lowest BCUT2D eigenvalue weighted by Crippen LogP contribution is -2.37. The third-order valence-corrected chi connectivity index (χ3v) is 3.42. The minimum Gasteiger partial charge on any atom is -0.465 e. The van der Waals surface area contributed by atoms with E-state index in [2.05, 4.69) is 17.4 Å². The van der Waals surface area contributed by atoms with Gasteiger partial charge in [-0.2, -0.15) is 11.8 Å². The Hall–Kier alpha value is -0.520. The largest absolute Gasteiger partial charge is 0.465 e. The van der Waals surface area contributed by atoms with E-state index in [0.717, 1.165) is 11.5 Å². The van der Waals surface area contributed by atoms with Gasteiger partial charge in [0.05, 0.1) is 6.61 Å². The van der Waals surface area contributed by atoms with Crippen molar-refractivity contribution < 1.29 is 9.53 Å². The number of esters is 1. The van der Waals surface area contributed by atoms with Crippen LogP contribution in [0.15, 0.2) is 30.3 Å². The van der Waals surface area contributed by atoms with Gasteiger partial charge in [-0.15, -0.1) is 17.0 Å². The van der Waals surface area contributed by atoms with Gasteiger partial charge in [-0.05, 0) is 19.5 Å². The van der Waals surface area contributed by atoms with E-state index in [-0.39, 0.29) is 29.0 Å². The molecule has 1 aromatic rings. The molecule has 0 fully saturated rings. The van der Waals surface area contributed by atoms with Crippen molar-refractivity contribution in [3.63, 3.8) is 0 Å². The molecule has 1 rings (SSSR count). The van der Waals surface area contributed by atoms with Crippen molar-refractivity contribution in [2.45, 2.75) is 18.7 Å². The zero-order chi connectivity index (χ0) is 12.5. The van der Waals surface area contributed by atoms with Crippen LogP contribution >= 0.6 is 28.7 Å². The Balaban J connectivity index is 0.00000289. The van der Waals surface area contributed by atoms with E-state index in [9.17, 15) is 4.79 Å². The summed E-state index contributed by atoms with van der Waals surface area (Å²) in [6, 6.07) is 10.0. The second-order valence-corrected chi connectivity index (χ2v) is 4.62. The average Bonchev–Trinajstić information content (AvgIpc) is 2.36. The summed E-state index contributed by atoms with van der Waals surface area (Å²) in [5, 5.41) is 2.98. The van der Waals surface area contributed by atoms with E-state index in [1.807, 2.05) is 25.1 Å². The predicted octanol–water partition coefficient (Wildman–Crippen LogP) is 2.65. The van der Waals surface area contributed by atoms with Gasteiger partial charge < -0.3 is 10.1 Å². The number of nitrogens with one attached hydrogen (secondary N) is 1. The number of hydrogen-bond acceptors (Lipinski definition) is 4. The summed E-state index contributed by atoms with van der Waals surface area (Å²) in [7, 11) is 1.78. The molecule has 0 bridgehead atoms. The van der Waals surface area contributed by atoms with Crippen LogP contribution in [0.2, 0.25) is 0 Å². The highest BCUT2D eigenvalue weighted by molar-refractivity contribution is 8.93. The fourth-order valence-corrected chi connectivity index (χ4v) is 2.47. The maximum absolute atomic E-state index is 11.5. The highest BCUT2D eigenvalue weighted by atomic mass is 79.9. The molecule has 0 spiro atoms. The number of ether oxygens (including phenoxy) is 1. The average molecular weight is 334 g/mol. The van der Waals surface area contributed by atoms with E-state index >= 15 is 0 Å². The Morgan fingerprint density at radius 1 is 1.39 bits per heavy atom. The van der Waals surface area contributed by atoms with E-state index in [0.29, 0.717) is 6.61 Å². The van der Waals surface area contributed by atoms with Crippen LogP contribution in [-0.4, -0.2) is 31.4 Å². The Bertz CT molecular complexity index is 335. The fraction of sp³-hybridized carbons (Fsp3) is 0.462. The van der Waals surface area contributed by atoms with E-state index in [4.69, 9.17) is 4.74 Å². The maximum atomic E-state index is 11.5. The second kappa shape index (κ2) is 10.4. The first-order valence-electron chi connectivity index (χ1n) is 5.73. The molecule has 102 valence electrons. The van der Waals surface area contributed by atoms with Gasteiger partial charge in [-0.25, -0.2) is 0 Å². The van der Waals surface area contributed by atoms with Crippen LogP contribution in [-0.2, 0) is 15.3 Å². The SMILES string of the molecule is Br.CCOC(=O)[C@H](CSCc1ccccc1)NC. The van der Waals surface area contributed by atoms with Gasteiger partial charge in [-0.1, -0.05) is 30.3 Å². The Morgan fingerprint density at radius 3 is 2.61 bits per heavy atom.